The van der Waals surface area contributed by atoms with Crippen LogP contribution in [0.5, 0.6) is 11.5 Å². The monoisotopic (exact) mass is 248 g/mol. The van der Waals surface area contributed by atoms with Gasteiger partial charge in [-0.3, -0.25) is 4.79 Å². The summed E-state index contributed by atoms with van der Waals surface area (Å²) in [5.41, 5.74) is 6.76. The number of hydrogen-bond donors (Lipinski definition) is 2. The number of fused-ring (bicyclic) bond motifs is 1. The Kier molecular flexibility index (Phi) is 2.74. The lowest BCUT2D eigenvalue weighted by Crippen LogP contribution is -2.33. The number of carbonyl (C=O) groups is 1. The van der Waals surface area contributed by atoms with Gasteiger partial charge < -0.3 is 20.5 Å². The highest BCUT2D eigenvalue weighted by Crippen LogP contribution is 2.36. The fourth-order valence-corrected chi connectivity index (χ4v) is 2.49. The summed E-state index contributed by atoms with van der Waals surface area (Å²) in [5, 5.41) is 3.01. The number of rotatable bonds is 2. The van der Waals surface area contributed by atoms with E-state index in [1.807, 2.05) is 0 Å². The number of benzene rings is 1. The number of nitrogens with two attached hydrogens (primary N) is 1. The Morgan fingerprint density at radius 1 is 1.22 bits per heavy atom. The molecule has 1 aliphatic carbocycles. The van der Waals surface area contributed by atoms with Crippen LogP contribution in [0, 0.1) is 0 Å². The second-order valence-electron chi connectivity index (χ2n) is 4.75. The average Bonchev–Trinajstić information content (AvgIpc) is 2.98. The molecule has 1 fully saturated rings. The summed E-state index contributed by atoms with van der Waals surface area (Å²) in [7, 11) is 0. The first-order valence-electron chi connectivity index (χ1n) is 6.24. The third kappa shape index (κ3) is 1.96. The van der Waals surface area contributed by atoms with Crippen LogP contribution in [0.1, 0.15) is 36.0 Å². The van der Waals surface area contributed by atoms with E-state index in [0.29, 0.717) is 22.7 Å². The summed E-state index contributed by atoms with van der Waals surface area (Å²) >= 11 is 0. The van der Waals surface area contributed by atoms with Crippen molar-refractivity contribution < 1.29 is 14.3 Å². The summed E-state index contributed by atoms with van der Waals surface area (Å²) in [6.45, 7) is 0.183. The van der Waals surface area contributed by atoms with Crippen molar-refractivity contribution >= 4 is 11.6 Å². The van der Waals surface area contributed by atoms with Crippen molar-refractivity contribution in [3.63, 3.8) is 0 Å². The van der Waals surface area contributed by atoms with Crippen LogP contribution in [0.2, 0.25) is 0 Å². The molecule has 1 saturated carbocycles. The lowest BCUT2D eigenvalue weighted by atomic mass is 10.1. The van der Waals surface area contributed by atoms with Crippen molar-refractivity contribution in [3.05, 3.63) is 17.7 Å². The van der Waals surface area contributed by atoms with E-state index in [-0.39, 0.29) is 18.7 Å². The first-order valence-corrected chi connectivity index (χ1v) is 6.24. The van der Waals surface area contributed by atoms with Gasteiger partial charge in [-0.1, -0.05) is 12.8 Å². The van der Waals surface area contributed by atoms with Gasteiger partial charge in [0.05, 0.1) is 5.56 Å². The van der Waals surface area contributed by atoms with E-state index in [2.05, 4.69) is 5.32 Å². The molecule has 3 rings (SSSR count). The van der Waals surface area contributed by atoms with Gasteiger partial charge in [0, 0.05) is 17.8 Å². The van der Waals surface area contributed by atoms with Gasteiger partial charge >= 0.3 is 0 Å². The lowest BCUT2D eigenvalue weighted by molar-refractivity contribution is 0.0938. The normalized spacial score (nSPS) is 18.0. The predicted molar refractivity (Wildman–Crippen MR) is 66.7 cm³/mol. The van der Waals surface area contributed by atoms with Gasteiger partial charge in [0.2, 0.25) is 6.79 Å². The number of nitrogen functional groups attached to an aromatic ring is 1. The zero-order valence-corrected chi connectivity index (χ0v) is 10.1. The number of ether oxygens (including phenoxy) is 2. The van der Waals surface area contributed by atoms with Gasteiger partial charge in [-0.15, -0.1) is 0 Å². The fourth-order valence-electron chi connectivity index (χ4n) is 2.49. The molecule has 1 aromatic carbocycles. The molecule has 5 heteroatoms. The van der Waals surface area contributed by atoms with E-state index < -0.39 is 0 Å². The molecule has 96 valence electrons. The Labute approximate surface area is 105 Å². The number of nitrogens with one attached hydrogen (secondary N) is 1. The Bertz CT molecular complexity index is 481. The minimum Gasteiger partial charge on any atom is -0.454 e. The standard InChI is InChI=1S/C13H16N2O3/c14-10-6-12-11(17-7-18-12)5-9(10)13(16)15-8-3-1-2-4-8/h5-6,8H,1-4,7,14H2,(H,15,16). The van der Waals surface area contributed by atoms with Gasteiger partial charge in [0.25, 0.3) is 5.91 Å². The molecule has 5 nitrogen and oxygen atoms in total. The van der Waals surface area contributed by atoms with Gasteiger partial charge in [-0.05, 0) is 18.9 Å². The molecule has 0 radical (unpaired) electrons. The summed E-state index contributed by atoms with van der Waals surface area (Å²) < 4.78 is 10.5. The first kappa shape index (κ1) is 11.2. The number of hydrogen-bond acceptors (Lipinski definition) is 4. The smallest absolute Gasteiger partial charge is 0.253 e. The zero-order valence-electron chi connectivity index (χ0n) is 10.1. The molecule has 1 amide bonds. The summed E-state index contributed by atoms with van der Waals surface area (Å²) in [4.78, 5) is 12.1. The fraction of sp³-hybridized carbons (Fsp3) is 0.462. The zero-order chi connectivity index (χ0) is 12.5. The molecular weight excluding hydrogens is 232 g/mol. The van der Waals surface area contributed by atoms with Crippen molar-refractivity contribution in [2.24, 2.45) is 0 Å². The van der Waals surface area contributed by atoms with Crippen molar-refractivity contribution in [2.45, 2.75) is 31.7 Å². The molecule has 2 aliphatic rings. The molecule has 1 heterocycles. The summed E-state index contributed by atoms with van der Waals surface area (Å²) in [6, 6.07) is 3.58. The van der Waals surface area contributed by atoms with Crippen LogP contribution in [0.15, 0.2) is 12.1 Å². The van der Waals surface area contributed by atoms with E-state index in [9.17, 15) is 4.79 Å². The summed E-state index contributed by atoms with van der Waals surface area (Å²) in [5.74, 6) is 1.06. The van der Waals surface area contributed by atoms with Gasteiger partial charge in [0.1, 0.15) is 0 Å². The molecule has 0 unspecified atom stereocenters. The molecule has 0 bridgehead atoms. The van der Waals surface area contributed by atoms with E-state index >= 15 is 0 Å². The van der Waals surface area contributed by atoms with Crippen molar-refractivity contribution in [2.75, 3.05) is 12.5 Å². The van der Waals surface area contributed by atoms with Crippen molar-refractivity contribution in [1.82, 2.24) is 5.32 Å². The van der Waals surface area contributed by atoms with Crippen molar-refractivity contribution in [1.29, 1.82) is 0 Å². The highest BCUT2D eigenvalue weighted by atomic mass is 16.7. The van der Waals surface area contributed by atoms with E-state index in [1.54, 1.807) is 12.1 Å². The maximum absolute atomic E-state index is 12.1. The minimum absolute atomic E-state index is 0.127. The molecule has 0 aromatic heterocycles. The molecule has 0 atom stereocenters. The molecule has 1 aliphatic heterocycles. The number of amides is 1. The van der Waals surface area contributed by atoms with Crippen LogP contribution in [0.4, 0.5) is 5.69 Å². The van der Waals surface area contributed by atoms with Crippen LogP contribution in [-0.2, 0) is 0 Å². The third-order valence-corrected chi connectivity index (χ3v) is 3.48. The van der Waals surface area contributed by atoms with E-state index in [0.717, 1.165) is 12.8 Å². The molecule has 1 aromatic rings. The maximum Gasteiger partial charge on any atom is 0.253 e. The van der Waals surface area contributed by atoms with Gasteiger partial charge in [0.15, 0.2) is 11.5 Å². The number of anilines is 1. The predicted octanol–water partition coefficient (Wildman–Crippen LogP) is 1.67. The Morgan fingerprint density at radius 2 is 1.89 bits per heavy atom. The Balaban J connectivity index is 1.80. The highest BCUT2D eigenvalue weighted by molar-refractivity contribution is 6.00. The average molecular weight is 248 g/mol. The second kappa shape index (κ2) is 4.40. The largest absolute Gasteiger partial charge is 0.454 e. The van der Waals surface area contributed by atoms with E-state index in [4.69, 9.17) is 15.2 Å². The summed E-state index contributed by atoms with van der Waals surface area (Å²) in [6.07, 6.45) is 4.47. The number of carbonyl (C=O) groups excluding carboxylic acids is 1. The minimum atomic E-state index is -0.127. The molecule has 18 heavy (non-hydrogen) atoms. The SMILES string of the molecule is Nc1cc2c(cc1C(=O)NC1CCCC1)OCO2. The molecule has 3 N–H and O–H groups in total. The van der Waals surface area contributed by atoms with Crippen LogP contribution in [0.25, 0.3) is 0 Å². The molecule has 0 spiro atoms. The van der Waals surface area contributed by atoms with Crippen LogP contribution in [0.3, 0.4) is 0 Å². The highest BCUT2D eigenvalue weighted by Gasteiger charge is 2.22. The van der Waals surface area contributed by atoms with Gasteiger partial charge in [-0.25, -0.2) is 0 Å². The topological polar surface area (TPSA) is 73.6 Å². The quantitative estimate of drug-likeness (QED) is 0.781. The Morgan fingerprint density at radius 3 is 2.61 bits per heavy atom. The van der Waals surface area contributed by atoms with Gasteiger partial charge in [-0.2, -0.15) is 0 Å². The van der Waals surface area contributed by atoms with Crippen LogP contribution in [-0.4, -0.2) is 18.7 Å². The molecular formula is C13H16N2O3. The third-order valence-electron chi connectivity index (χ3n) is 3.48. The van der Waals surface area contributed by atoms with Crippen molar-refractivity contribution in [3.8, 4) is 11.5 Å². The second-order valence-corrected chi connectivity index (χ2v) is 4.75. The van der Waals surface area contributed by atoms with E-state index in [1.165, 1.54) is 12.8 Å². The maximum atomic E-state index is 12.1. The molecule has 0 saturated heterocycles. The lowest BCUT2D eigenvalue weighted by Gasteiger charge is -2.13. The van der Waals surface area contributed by atoms with Crippen LogP contribution >= 0.6 is 0 Å². The van der Waals surface area contributed by atoms with Crippen LogP contribution < -0.4 is 20.5 Å². The first-order chi connectivity index (χ1) is 8.74. The Hall–Kier alpha value is -1.91.